The molecule has 2 saturated heterocycles. The summed E-state index contributed by atoms with van der Waals surface area (Å²) in [5.41, 5.74) is 1.86. The van der Waals surface area contributed by atoms with E-state index in [1.54, 1.807) is 13.2 Å². The maximum absolute atomic E-state index is 13.1. The summed E-state index contributed by atoms with van der Waals surface area (Å²) in [5.74, 6) is 0.515. The molecule has 2 N–H and O–H groups in total. The Hall–Kier alpha value is -2.60. The van der Waals surface area contributed by atoms with Crippen LogP contribution in [0.4, 0.5) is 14.9 Å². The van der Waals surface area contributed by atoms with Crippen molar-refractivity contribution in [3.8, 4) is 5.75 Å². The molecule has 2 aliphatic rings. The third-order valence-corrected chi connectivity index (χ3v) is 5.83. The fraction of sp³-hybridized carbons (Fsp3) is 0.409. The number of hydrogen-bond donors (Lipinski definition) is 2. The topological polar surface area (TPSA) is 53.6 Å². The molecule has 2 atom stereocenters. The van der Waals surface area contributed by atoms with Gasteiger partial charge in [-0.15, -0.1) is 0 Å². The average molecular weight is 383 g/mol. The molecule has 0 aromatic heterocycles. The van der Waals surface area contributed by atoms with Crippen molar-refractivity contribution in [2.75, 3.05) is 12.4 Å². The number of piperidine rings is 1. The van der Waals surface area contributed by atoms with E-state index in [1.807, 2.05) is 30.3 Å². The number of methoxy groups -OCH3 is 1. The van der Waals surface area contributed by atoms with E-state index in [-0.39, 0.29) is 17.9 Å². The average Bonchev–Trinajstić information content (AvgIpc) is 2.92. The van der Waals surface area contributed by atoms with Crippen molar-refractivity contribution in [1.29, 1.82) is 0 Å². The Labute approximate surface area is 164 Å². The Morgan fingerprint density at radius 1 is 1.14 bits per heavy atom. The van der Waals surface area contributed by atoms with Crippen LogP contribution in [0, 0.1) is 5.82 Å². The number of halogens is 1. The highest BCUT2D eigenvalue weighted by molar-refractivity contribution is 5.89. The molecule has 5 nitrogen and oxygen atoms in total. The van der Waals surface area contributed by atoms with Crippen molar-refractivity contribution in [3.05, 3.63) is 59.9 Å². The second-order valence-electron chi connectivity index (χ2n) is 7.68. The summed E-state index contributed by atoms with van der Waals surface area (Å²) >= 11 is 0. The summed E-state index contributed by atoms with van der Waals surface area (Å²) in [6.07, 6.45) is 4.20. The van der Waals surface area contributed by atoms with E-state index in [0.29, 0.717) is 23.5 Å². The van der Waals surface area contributed by atoms with Crippen LogP contribution in [0.25, 0.3) is 0 Å². The van der Waals surface area contributed by atoms with Gasteiger partial charge in [0.2, 0.25) is 0 Å². The van der Waals surface area contributed by atoms with Gasteiger partial charge in [0.25, 0.3) is 0 Å². The fourth-order valence-corrected chi connectivity index (χ4v) is 4.50. The molecular weight excluding hydrogens is 357 g/mol. The van der Waals surface area contributed by atoms with E-state index in [2.05, 4.69) is 15.5 Å². The van der Waals surface area contributed by atoms with Crippen LogP contribution in [0.3, 0.4) is 0 Å². The van der Waals surface area contributed by atoms with Crippen LogP contribution >= 0.6 is 0 Å². The normalized spacial score (nSPS) is 24.0. The summed E-state index contributed by atoms with van der Waals surface area (Å²) in [5, 5.41) is 6.02. The van der Waals surface area contributed by atoms with Crippen molar-refractivity contribution in [2.45, 2.75) is 50.4 Å². The summed E-state index contributed by atoms with van der Waals surface area (Å²) < 4.78 is 18.3. The number of benzene rings is 2. The Morgan fingerprint density at radius 3 is 2.54 bits per heavy atom. The van der Waals surface area contributed by atoms with Crippen LogP contribution < -0.4 is 15.4 Å². The molecule has 0 saturated carbocycles. The largest absolute Gasteiger partial charge is 0.497 e. The SMILES string of the molecule is COc1cccc(NC(=O)NC2C[C@@H]3CC[C@@H](C2)N3Cc2ccc(F)cc2)c1. The first-order valence-electron chi connectivity index (χ1n) is 9.82. The smallest absolute Gasteiger partial charge is 0.319 e. The van der Waals surface area contributed by atoms with E-state index in [9.17, 15) is 9.18 Å². The Morgan fingerprint density at radius 2 is 1.86 bits per heavy atom. The summed E-state index contributed by atoms with van der Waals surface area (Å²) in [6, 6.07) is 15.0. The molecular formula is C22H26FN3O2. The molecule has 0 spiro atoms. The number of carbonyl (C=O) groups is 1. The predicted molar refractivity (Wildman–Crippen MR) is 107 cm³/mol. The number of anilines is 1. The van der Waals surface area contributed by atoms with Gasteiger partial charge in [-0.05, 0) is 55.5 Å². The molecule has 0 aliphatic carbocycles. The monoisotopic (exact) mass is 383 g/mol. The third-order valence-electron chi connectivity index (χ3n) is 5.83. The molecule has 2 heterocycles. The van der Waals surface area contributed by atoms with Gasteiger partial charge in [-0.2, -0.15) is 0 Å². The van der Waals surface area contributed by atoms with E-state index >= 15 is 0 Å². The molecule has 2 aromatic carbocycles. The number of ether oxygens (including phenoxy) is 1. The number of amides is 2. The van der Waals surface area contributed by atoms with Crippen LogP contribution in [0.15, 0.2) is 48.5 Å². The van der Waals surface area contributed by atoms with Crippen LogP contribution in [0.5, 0.6) is 5.75 Å². The Kier molecular flexibility index (Phi) is 5.48. The van der Waals surface area contributed by atoms with Crippen molar-refractivity contribution in [3.63, 3.8) is 0 Å². The molecule has 2 amide bonds. The second kappa shape index (κ2) is 8.19. The summed E-state index contributed by atoms with van der Waals surface area (Å²) in [4.78, 5) is 14.9. The van der Waals surface area contributed by atoms with Gasteiger partial charge < -0.3 is 15.4 Å². The molecule has 2 aromatic rings. The number of urea groups is 1. The number of rotatable bonds is 5. The molecule has 2 bridgehead atoms. The van der Waals surface area contributed by atoms with Gasteiger partial charge in [-0.3, -0.25) is 4.90 Å². The van der Waals surface area contributed by atoms with E-state index in [0.717, 1.165) is 37.8 Å². The van der Waals surface area contributed by atoms with Crippen molar-refractivity contribution >= 4 is 11.7 Å². The first-order chi connectivity index (χ1) is 13.6. The number of nitrogens with one attached hydrogen (secondary N) is 2. The lowest BCUT2D eigenvalue weighted by Gasteiger charge is -2.39. The molecule has 6 heteroatoms. The van der Waals surface area contributed by atoms with Gasteiger partial charge in [0, 0.05) is 36.4 Å². The lowest BCUT2D eigenvalue weighted by molar-refractivity contribution is 0.112. The standard InChI is InChI=1S/C22H26FN3O2/c1-28-21-4-2-3-17(13-21)24-22(27)25-18-11-19-9-10-20(12-18)26(19)14-15-5-7-16(23)8-6-15/h2-8,13,18-20H,9-12,14H2,1H3,(H2,24,25,27)/t19-,20-/m0/s1. The zero-order valence-electron chi connectivity index (χ0n) is 16.0. The predicted octanol–water partition coefficient (Wildman–Crippen LogP) is 4.15. The first kappa shape index (κ1) is 18.7. The number of fused-ring (bicyclic) bond motifs is 2. The van der Waals surface area contributed by atoms with Gasteiger partial charge >= 0.3 is 6.03 Å². The van der Waals surface area contributed by atoms with Crippen molar-refractivity contribution in [1.82, 2.24) is 10.2 Å². The molecule has 2 aliphatic heterocycles. The summed E-state index contributed by atoms with van der Waals surface area (Å²) in [6.45, 7) is 0.846. The Balaban J connectivity index is 1.32. The van der Waals surface area contributed by atoms with Crippen molar-refractivity contribution < 1.29 is 13.9 Å². The fourth-order valence-electron chi connectivity index (χ4n) is 4.50. The van der Waals surface area contributed by atoms with Gasteiger partial charge in [0.05, 0.1) is 7.11 Å². The first-order valence-corrected chi connectivity index (χ1v) is 9.82. The zero-order valence-corrected chi connectivity index (χ0v) is 16.0. The van der Waals surface area contributed by atoms with Gasteiger partial charge in [-0.1, -0.05) is 18.2 Å². The maximum Gasteiger partial charge on any atom is 0.319 e. The van der Waals surface area contributed by atoms with E-state index < -0.39 is 0 Å². The number of nitrogens with zero attached hydrogens (tertiary/aromatic N) is 1. The van der Waals surface area contributed by atoms with E-state index in [1.165, 1.54) is 12.1 Å². The zero-order chi connectivity index (χ0) is 19.5. The van der Waals surface area contributed by atoms with Gasteiger partial charge in [0.15, 0.2) is 0 Å². The molecule has 4 rings (SSSR count). The lowest BCUT2D eigenvalue weighted by Crippen LogP contribution is -2.50. The van der Waals surface area contributed by atoms with Crippen LogP contribution in [-0.4, -0.2) is 36.2 Å². The number of carbonyl (C=O) groups excluding carboxylic acids is 1. The minimum Gasteiger partial charge on any atom is -0.497 e. The highest BCUT2D eigenvalue weighted by atomic mass is 19.1. The van der Waals surface area contributed by atoms with Crippen molar-refractivity contribution in [2.24, 2.45) is 0 Å². The lowest BCUT2D eigenvalue weighted by atomic mass is 9.96. The second-order valence-corrected chi connectivity index (χ2v) is 7.68. The van der Waals surface area contributed by atoms with Crippen LogP contribution in [-0.2, 0) is 6.54 Å². The van der Waals surface area contributed by atoms with Crippen LogP contribution in [0.2, 0.25) is 0 Å². The Bertz CT molecular complexity index is 813. The maximum atomic E-state index is 13.1. The van der Waals surface area contributed by atoms with Crippen LogP contribution in [0.1, 0.15) is 31.2 Å². The summed E-state index contributed by atoms with van der Waals surface area (Å²) in [7, 11) is 1.61. The molecule has 0 unspecified atom stereocenters. The quantitative estimate of drug-likeness (QED) is 0.816. The molecule has 28 heavy (non-hydrogen) atoms. The minimum atomic E-state index is -0.198. The van der Waals surface area contributed by atoms with Gasteiger partial charge in [0.1, 0.15) is 11.6 Å². The molecule has 148 valence electrons. The number of hydrogen-bond acceptors (Lipinski definition) is 3. The van der Waals surface area contributed by atoms with Gasteiger partial charge in [-0.25, -0.2) is 9.18 Å². The third kappa shape index (κ3) is 4.28. The minimum absolute atomic E-state index is 0.174. The highest BCUT2D eigenvalue weighted by Crippen LogP contribution is 2.37. The van der Waals surface area contributed by atoms with E-state index in [4.69, 9.17) is 4.74 Å². The highest BCUT2D eigenvalue weighted by Gasteiger charge is 2.40. The molecule has 0 radical (unpaired) electrons. The molecule has 2 fully saturated rings.